The molecule has 0 aromatic carbocycles. The standard InChI is InChI=1S/C6H8N2O2/c1-10-6(9)5-4-7-2-3-8-5/h3-4,7H,2H2,1H3. The number of esters is 1. The number of methoxy groups -OCH3 is 1. The highest BCUT2D eigenvalue weighted by Crippen LogP contribution is 1.98. The summed E-state index contributed by atoms with van der Waals surface area (Å²) >= 11 is 0. The fourth-order valence-electron chi connectivity index (χ4n) is 0.606. The van der Waals surface area contributed by atoms with Crippen LogP contribution in [0.1, 0.15) is 0 Å². The Balaban J connectivity index is 2.63. The summed E-state index contributed by atoms with van der Waals surface area (Å²) in [6, 6.07) is 0. The minimum Gasteiger partial charge on any atom is -0.464 e. The number of hydrogen-bond acceptors (Lipinski definition) is 4. The second kappa shape index (κ2) is 3.00. The van der Waals surface area contributed by atoms with E-state index >= 15 is 0 Å². The van der Waals surface area contributed by atoms with Crippen LogP contribution in [0.2, 0.25) is 0 Å². The zero-order valence-electron chi connectivity index (χ0n) is 5.63. The molecule has 0 atom stereocenters. The van der Waals surface area contributed by atoms with Crippen LogP contribution in [0.25, 0.3) is 0 Å². The molecule has 4 heteroatoms. The molecule has 0 amide bonds. The molecule has 0 fully saturated rings. The van der Waals surface area contributed by atoms with Crippen molar-refractivity contribution in [2.24, 2.45) is 4.99 Å². The van der Waals surface area contributed by atoms with Gasteiger partial charge in [0.2, 0.25) is 0 Å². The summed E-state index contributed by atoms with van der Waals surface area (Å²) in [5.41, 5.74) is 0.314. The highest BCUT2D eigenvalue weighted by atomic mass is 16.5. The zero-order chi connectivity index (χ0) is 7.40. The van der Waals surface area contributed by atoms with Gasteiger partial charge in [-0.25, -0.2) is 4.79 Å². The van der Waals surface area contributed by atoms with Crippen LogP contribution in [0.4, 0.5) is 0 Å². The smallest absolute Gasteiger partial charge is 0.358 e. The van der Waals surface area contributed by atoms with E-state index in [2.05, 4.69) is 15.0 Å². The first-order valence-corrected chi connectivity index (χ1v) is 2.89. The van der Waals surface area contributed by atoms with Crippen molar-refractivity contribution in [1.82, 2.24) is 5.32 Å². The van der Waals surface area contributed by atoms with Crippen molar-refractivity contribution in [3.05, 3.63) is 11.9 Å². The summed E-state index contributed by atoms with van der Waals surface area (Å²) < 4.78 is 4.43. The number of nitrogens with one attached hydrogen (secondary N) is 1. The van der Waals surface area contributed by atoms with Gasteiger partial charge < -0.3 is 10.1 Å². The van der Waals surface area contributed by atoms with Gasteiger partial charge in [-0.05, 0) is 0 Å². The van der Waals surface area contributed by atoms with Crippen molar-refractivity contribution in [1.29, 1.82) is 0 Å². The van der Waals surface area contributed by atoms with Crippen LogP contribution in [-0.2, 0) is 9.53 Å². The van der Waals surface area contributed by atoms with Crippen molar-refractivity contribution in [2.75, 3.05) is 13.7 Å². The molecule has 10 heavy (non-hydrogen) atoms. The number of hydrogen-bond donors (Lipinski definition) is 1. The summed E-state index contributed by atoms with van der Waals surface area (Å²) in [7, 11) is 1.33. The SMILES string of the molecule is COC(=O)C1=CNCC=N1. The number of nitrogens with zero attached hydrogens (tertiary/aromatic N) is 1. The molecule has 0 aromatic heterocycles. The van der Waals surface area contributed by atoms with Crippen LogP contribution in [0.3, 0.4) is 0 Å². The van der Waals surface area contributed by atoms with E-state index in [1.54, 1.807) is 6.21 Å². The second-order valence-corrected chi connectivity index (χ2v) is 1.74. The molecule has 0 unspecified atom stereocenters. The maximum absolute atomic E-state index is 10.7. The van der Waals surface area contributed by atoms with Crippen LogP contribution in [-0.4, -0.2) is 25.8 Å². The van der Waals surface area contributed by atoms with Crippen molar-refractivity contribution in [2.45, 2.75) is 0 Å². The lowest BCUT2D eigenvalue weighted by atomic mass is 10.4. The predicted molar refractivity (Wildman–Crippen MR) is 36.6 cm³/mol. The average Bonchev–Trinajstić information content (AvgIpc) is 2.05. The Kier molecular flexibility index (Phi) is 2.04. The van der Waals surface area contributed by atoms with Crippen molar-refractivity contribution < 1.29 is 9.53 Å². The first kappa shape index (κ1) is 6.80. The van der Waals surface area contributed by atoms with Gasteiger partial charge in [0.15, 0.2) is 5.70 Å². The molecule has 1 N–H and O–H groups in total. The molecule has 1 aliphatic heterocycles. The molecule has 0 aromatic rings. The Morgan fingerprint density at radius 2 is 2.70 bits per heavy atom. The lowest BCUT2D eigenvalue weighted by molar-refractivity contribution is -0.136. The van der Waals surface area contributed by atoms with Gasteiger partial charge in [0, 0.05) is 19.0 Å². The summed E-state index contributed by atoms with van der Waals surface area (Å²) in [5.74, 6) is -0.413. The van der Waals surface area contributed by atoms with E-state index in [1.807, 2.05) is 0 Å². The highest BCUT2D eigenvalue weighted by Gasteiger charge is 2.07. The van der Waals surface area contributed by atoms with Gasteiger partial charge in [0.05, 0.1) is 7.11 Å². The molecule has 0 saturated carbocycles. The number of carbonyl (C=O) groups is 1. The molecule has 0 radical (unpaired) electrons. The molecule has 0 saturated heterocycles. The van der Waals surface area contributed by atoms with Crippen molar-refractivity contribution in [3.8, 4) is 0 Å². The van der Waals surface area contributed by atoms with Gasteiger partial charge in [-0.1, -0.05) is 0 Å². The van der Waals surface area contributed by atoms with Crippen molar-refractivity contribution >= 4 is 12.2 Å². The molecule has 54 valence electrons. The maximum Gasteiger partial charge on any atom is 0.358 e. The molecule has 0 spiro atoms. The van der Waals surface area contributed by atoms with E-state index in [9.17, 15) is 4.79 Å². The Bertz CT molecular complexity index is 196. The molecule has 1 rings (SSSR count). The fourth-order valence-corrected chi connectivity index (χ4v) is 0.606. The van der Waals surface area contributed by atoms with Crippen LogP contribution >= 0.6 is 0 Å². The Hall–Kier alpha value is -1.32. The second-order valence-electron chi connectivity index (χ2n) is 1.74. The summed E-state index contributed by atoms with van der Waals surface area (Å²) in [5, 5.41) is 2.84. The van der Waals surface area contributed by atoms with E-state index in [-0.39, 0.29) is 0 Å². The number of aliphatic imine (C=N–C) groups is 1. The minimum atomic E-state index is -0.413. The van der Waals surface area contributed by atoms with Gasteiger partial charge in [-0.2, -0.15) is 0 Å². The lowest BCUT2D eigenvalue weighted by Crippen LogP contribution is -2.17. The van der Waals surface area contributed by atoms with E-state index in [0.29, 0.717) is 12.2 Å². The third-order valence-electron chi connectivity index (χ3n) is 1.07. The van der Waals surface area contributed by atoms with Crippen LogP contribution in [0.5, 0.6) is 0 Å². The minimum absolute atomic E-state index is 0.314. The predicted octanol–water partition coefficient (Wildman–Crippen LogP) is -0.325. The van der Waals surface area contributed by atoms with Crippen LogP contribution in [0, 0.1) is 0 Å². The topological polar surface area (TPSA) is 50.7 Å². The number of ether oxygens (including phenoxy) is 1. The third-order valence-corrected chi connectivity index (χ3v) is 1.07. The van der Waals surface area contributed by atoms with Crippen molar-refractivity contribution in [3.63, 3.8) is 0 Å². The molecule has 4 nitrogen and oxygen atoms in total. The quantitative estimate of drug-likeness (QED) is 0.507. The molecule has 1 heterocycles. The molecular formula is C6H8N2O2. The highest BCUT2D eigenvalue weighted by molar-refractivity contribution is 5.90. The Morgan fingerprint density at radius 3 is 3.20 bits per heavy atom. The molecular weight excluding hydrogens is 132 g/mol. The first-order valence-electron chi connectivity index (χ1n) is 2.89. The lowest BCUT2D eigenvalue weighted by Gasteiger charge is -2.04. The summed E-state index contributed by atoms with van der Waals surface area (Å²) in [4.78, 5) is 14.5. The third kappa shape index (κ3) is 1.34. The monoisotopic (exact) mass is 140 g/mol. The number of carbonyl (C=O) groups excluding carboxylic acids is 1. The van der Waals surface area contributed by atoms with Gasteiger partial charge >= 0.3 is 5.97 Å². The van der Waals surface area contributed by atoms with Crippen LogP contribution in [0.15, 0.2) is 16.9 Å². The van der Waals surface area contributed by atoms with E-state index in [0.717, 1.165) is 0 Å². The fraction of sp³-hybridized carbons (Fsp3) is 0.333. The largest absolute Gasteiger partial charge is 0.464 e. The van der Waals surface area contributed by atoms with E-state index in [1.165, 1.54) is 13.3 Å². The Labute approximate surface area is 58.6 Å². The normalized spacial score (nSPS) is 15.5. The maximum atomic E-state index is 10.7. The molecule has 0 bridgehead atoms. The van der Waals surface area contributed by atoms with Gasteiger partial charge in [-0.3, -0.25) is 4.99 Å². The van der Waals surface area contributed by atoms with E-state index < -0.39 is 5.97 Å². The summed E-state index contributed by atoms with van der Waals surface area (Å²) in [6.07, 6.45) is 3.15. The van der Waals surface area contributed by atoms with Gasteiger partial charge in [0.25, 0.3) is 0 Å². The average molecular weight is 140 g/mol. The zero-order valence-corrected chi connectivity index (χ0v) is 5.63. The van der Waals surface area contributed by atoms with E-state index in [4.69, 9.17) is 0 Å². The van der Waals surface area contributed by atoms with Gasteiger partial charge in [0.1, 0.15) is 0 Å². The molecule has 1 aliphatic rings. The van der Waals surface area contributed by atoms with Crippen LogP contribution < -0.4 is 5.32 Å². The molecule has 0 aliphatic carbocycles. The summed E-state index contributed by atoms with van der Waals surface area (Å²) in [6.45, 7) is 0.667. The first-order chi connectivity index (χ1) is 4.84. The van der Waals surface area contributed by atoms with Gasteiger partial charge in [-0.15, -0.1) is 0 Å². The Morgan fingerprint density at radius 1 is 1.90 bits per heavy atom. The number of rotatable bonds is 1.